The highest BCUT2D eigenvalue weighted by molar-refractivity contribution is 8.45. The summed E-state index contributed by atoms with van der Waals surface area (Å²) >= 11 is 0. The van der Waals surface area contributed by atoms with Gasteiger partial charge in [0.2, 0.25) is 5.91 Å². The largest absolute Gasteiger partial charge is 0.369 e. The van der Waals surface area contributed by atoms with Crippen LogP contribution in [0.15, 0.2) is 30.3 Å². The lowest BCUT2D eigenvalue weighted by Gasteiger charge is -2.52. The van der Waals surface area contributed by atoms with Crippen LogP contribution in [0.25, 0.3) is 0 Å². The monoisotopic (exact) mass is 355 g/mol. The maximum atomic E-state index is 13.8. The Bertz CT molecular complexity index is 632. The molecule has 0 spiro atoms. The minimum absolute atomic E-state index is 0.311. The molecule has 8 heteroatoms. The van der Waals surface area contributed by atoms with Gasteiger partial charge in [-0.25, -0.2) is 0 Å². The van der Waals surface area contributed by atoms with E-state index in [-0.39, 0.29) is 5.92 Å². The van der Waals surface area contributed by atoms with Crippen LogP contribution in [-0.2, 0) is 4.79 Å². The number of halogens is 5. The fraction of sp³-hybridized carbons (Fsp3) is 0.533. The third kappa shape index (κ3) is 2.93. The zero-order valence-electron chi connectivity index (χ0n) is 12.2. The number of primary amides is 1. The summed E-state index contributed by atoms with van der Waals surface area (Å²) < 4.78 is 69.1. The van der Waals surface area contributed by atoms with Gasteiger partial charge in [0.1, 0.15) is 5.25 Å². The number of carbonyl (C=O) groups excluding carboxylic acids is 1. The zero-order chi connectivity index (χ0) is 17.1. The molecule has 2 bridgehead atoms. The van der Waals surface area contributed by atoms with Gasteiger partial charge in [0, 0.05) is 5.92 Å². The van der Waals surface area contributed by atoms with Crippen molar-refractivity contribution in [2.75, 3.05) is 0 Å². The van der Waals surface area contributed by atoms with Crippen LogP contribution in [-0.4, -0.2) is 5.91 Å². The van der Waals surface area contributed by atoms with Gasteiger partial charge < -0.3 is 5.73 Å². The fourth-order valence-electron chi connectivity index (χ4n) is 4.61. The van der Waals surface area contributed by atoms with Gasteiger partial charge in [0.25, 0.3) is 10.2 Å². The molecule has 1 aromatic rings. The van der Waals surface area contributed by atoms with Crippen LogP contribution in [0.4, 0.5) is 19.4 Å². The average Bonchev–Trinajstić information content (AvgIpc) is 2.97. The number of fused-ring (bicyclic) bond motifs is 2. The van der Waals surface area contributed by atoms with E-state index in [0.29, 0.717) is 19.3 Å². The van der Waals surface area contributed by atoms with E-state index >= 15 is 0 Å². The molecule has 0 aliphatic heterocycles. The minimum atomic E-state index is -9.86. The summed E-state index contributed by atoms with van der Waals surface area (Å²) in [5, 5.41) is -2.91. The van der Waals surface area contributed by atoms with Crippen molar-refractivity contribution in [2.24, 2.45) is 29.4 Å². The Morgan fingerprint density at radius 1 is 1.04 bits per heavy atom. The first kappa shape index (κ1) is 16.5. The standard InChI is InChI=1S/C15H18F5NOS/c16-23(17,18,19,20)14(9-4-2-1-3-5-9)12-10-6-7-11(8-10)13(12)15(21)22/h1-5,10-14H,6-8H2,(H2,21,22). The molecule has 2 saturated carbocycles. The SMILES string of the molecule is NC(=O)C1C2CCC(C2)C1C(c1ccccc1)S(F)(F)(F)(F)F. The molecule has 23 heavy (non-hydrogen) atoms. The highest BCUT2D eigenvalue weighted by atomic mass is 32.5. The van der Waals surface area contributed by atoms with Gasteiger partial charge in [-0.15, -0.1) is 0 Å². The maximum Gasteiger partial charge on any atom is 0.292 e. The fourth-order valence-corrected chi connectivity index (χ4v) is 6.27. The Labute approximate surface area is 131 Å². The van der Waals surface area contributed by atoms with E-state index in [1.165, 1.54) is 18.2 Å². The molecule has 5 unspecified atom stereocenters. The summed E-state index contributed by atoms with van der Waals surface area (Å²) in [6.45, 7) is 0. The Morgan fingerprint density at radius 3 is 2.13 bits per heavy atom. The van der Waals surface area contributed by atoms with Crippen LogP contribution in [0, 0.1) is 23.7 Å². The zero-order valence-corrected chi connectivity index (χ0v) is 13.0. The second kappa shape index (κ2) is 4.40. The molecule has 0 radical (unpaired) electrons. The molecule has 2 fully saturated rings. The normalized spacial score (nSPS) is 34.7. The number of benzene rings is 1. The van der Waals surface area contributed by atoms with E-state index in [0.717, 1.165) is 12.1 Å². The molecule has 130 valence electrons. The molecule has 1 aromatic carbocycles. The van der Waals surface area contributed by atoms with Gasteiger partial charge in [-0.3, -0.25) is 4.79 Å². The van der Waals surface area contributed by atoms with Gasteiger partial charge in [0.05, 0.1) is 0 Å². The summed E-state index contributed by atoms with van der Waals surface area (Å²) in [5.74, 6) is -4.35. The molecule has 0 aromatic heterocycles. The Balaban J connectivity index is 2.15. The van der Waals surface area contributed by atoms with Crippen molar-refractivity contribution < 1.29 is 24.2 Å². The molecule has 2 N–H and O–H groups in total. The van der Waals surface area contributed by atoms with Crippen LogP contribution >= 0.6 is 10.2 Å². The van der Waals surface area contributed by atoms with Gasteiger partial charge >= 0.3 is 0 Å². The molecule has 2 nitrogen and oxygen atoms in total. The van der Waals surface area contributed by atoms with Crippen molar-refractivity contribution in [1.82, 2.24) is 0 Å². The predicted octanol–water partition coefficient (Wildman–Crippen LogP) is 5.17. The minimum Gasteiger partial charge on any atom is -0.369 e. The molecule has 0 saturated heterocycles. The molecule has 1 amide bonds. The van der Waals surface area contributed by atoms with Crippen molar-refractivity contribution in [1.29, 1.82) is 0 Å². The van der Waals surface area contributed by atoms with Crippen molar-refractivity contribution in [3.05, 3.63) is 35.9 Å². The lowest BCUT2D eigenvalue weighted by atomic mass is 9.75. The first-order valence-electron chi connectivity index (χ1n) is 7.45. The summed E-state index contributed by atoms with van der Waals surface area (Å²) in [5.41, 5.74) is 4.81. The van der Waals surface area contributed by atoms with Crippen LogP contribution in [0.3, 0.4) is 0 Å². The summed E-state index contributed by atoms with van der Waals surface area (Å²) in [6.07, 6.45) is 1.39. The van der Waals surface area contributed by atoms with E-state index in [1.807, 2.05) is 0 Å². The van der Waals surface area contributed by atoms with Crippen molar-refractivity contribution in [3.63, 3.8) is 0 Å². The summed E-state index contributed by atoms with van der Waals surface area (Å²) in [6, 6.07) is 6.20. The first-order chi connectivity index (χ1) is 10.4. The van der Waals surface area contributed by atoms with Gasteiger partial charge in [-0.05, 0) is 42.6 Å². The van der Waals surface area contributed by atoms with Crippen LogP contribution in [0.5, 0.6) is 0 Å². The van der Waals surface area contributed by atoms with E-state index in [2.05, 4.69) is 0 Å². The van der Waals surface area contributed by atoms with Gasteiger partial charge in [-0.2, -0.15) is 0 Å². The lowest BCUT2D eigenvalue weighted by molar-refractivity contribution is -0.125. The number of amides is 1. The second-order valence-electron chi connectivity index (χ2n) is 6.70. The number of nitrogens with two attached hydrogens (primary N) is 1. The molecule has 2 aliphatic carbocycles. The number of hydrogen-bond acceptors (Lipinski definition) is 1. The molecular formula is C15H18F5NOS. The Hall–Kier alpha value is -1.31. The number of carbonyl (C=O) groups is 1. The van der Waals surface area contributed by atoms with Crippen molar-refractivity contribution in [3.8, 4) is 0 Å². The van der Waals surface area contributed by atoms with Gasteiger partial charge in [0.15, 0.2) is 0 Å². The lowest BCUT2D eigenvalue weighted by Crippen LogP contribution is -2.40. The maximum absolute atomic E-state index is 13.8. The van der Waals surface area contributed by atoms with E-state index in [9.17, 15) is 24.2 Å². The molecule has 3 rings (SSSR count). The smallest absolute Gasteiger partial charge is 0.292 e. The van der Waals surface area contributed by atoms with Gasteiger partial charge in [-0.1, -0.05) is 49.8 Å². The second-order valence-corrected chi connectivity index (χ2v) is 9.26. The van der Waals surface area contributed by atoms with Crippen molar-refractivity contribution >= 4 is 16.1 Å². The third-order valence-corrected chi connectivity index (χ3v) is 6.81. The van der Waals surface area contributed by atoms with E-state index in [4.69, 9.17) is 5.73 Å². The number of rotatable bonds is 4. The van der Waals surface area contributed by atoms with Crippen LogP contribution in [0.1, 0.15) is 30.1 Å². The van der Waals surface area contributed by atoms with Crippen LogP contribution in [0.2, 0.25) is 0 Å². The van der Waals surface area contributed by atoms with Crippen molar-refractivity contribution in [2.45, 2.75) is 24.5 Å². The van der Waals surface area contributed by atoms with E-state index < -0.39 is 44.7 Å². The first-order valence-corrected chi connectivity index (χ1v) is 9.47. The van der Waals surface area contributed by atoms with Crippen LogP contribution < -0.4 is 5.73 Å². The predicted molar refractivity (Wildman–Crippen MR) is 79.3 cm³/mol. The molecule has 2 aliphatic rings. The average molecular weight is 355 g/mol. The highest BCUT2D eigenvalue weighted by Gasteiger charge is 2.75. The highest BCUT2D eigenvalue weighted by Crippen LogP contribution is 3.05. The topological polar surface area (TPSA) is 43.1 Å². The Morgan fingerprint density at radius 2 is 1.61 bits per heavy atom. The Kier molecular flexibility index (Phi) is 3.17. The summed E-state index contributed by atoms with van der Waals surface area (Å²) in [7, 11) is -9.86. The molecule has 0 heterocycles. The van der Waals surface area contributed by atoms with E-state index in [1.54, 1.807) is 0 Å². The quantitative estimate of drug-likeness (QED) is 0.744. The number of hydrogen-bond donors (Lipinski definition) is 1. The third-order valence-electron chi connectivity index (χ3n) is 5.27. The molecule has 5 atom stereocenters. The summed E-state index contributed by atoms with van der Waals surface area (Å²) in [4.78, 5) is 11.7. The molecular weight excluding hydrogens is 337 g/mol.